The fourth-order valence-electron chi connectivity index (χ4n) is 2.24. The third kappa shape index (κ3) is 2.86. The average Bonchev–Trinajstić information content (AvgIpc) is 2.50. The molecule has 0 aliphatic rings. The number of fused-ring (bicyclic) bond motifs is 1. The topological polar surface area (TPSA) is 55.1 Å². The van der Waals surface area contributed by atoms with E-state index in [1.54, 1.807) is 24.3 Å². The van der Waals surface area contributed by atoms with E-state index in [2.05, 4.69) is 4.98 Å². The third-order valence-electron chi connectivity index (χ3n) is 3.41. The summed E-state index contributed by atoms with van der Waals surface area (Å²) in [6.45, 7) is 0.0563. The molecule has 0 aliphatic carbocycles. The van der Waals surface area contributed by atoms with E-state index in [9.17, 15) is 14.3 Å². The molecule has 4 nitrogen and oxygen atoms in total. The number of aromatic nitrogens is 2. The van der Waals surface area contributed by atoms with Crippen LogP contribution in [0.3, 0.4) is 0 Å². The predicted molar refractivity (Wildman–Crippen MR) is 82.4 cm³/mol. The van der Waals surface area contributed by atoms with Gasteiger partial charge in [0.2, 0.25) is 0 Å². The maximum Gasteiger partial charge on any atom is 0.261 e. The second kappa shape index (κ2) is 5.87. The summed E-state index contributed by atoms with van der Waals surface area (Å²) in [7, 11) is 0. The summed E-state index contributed by atoms with van der Waals surface area (Å²) in [5, 5.41) is 11.1. The van der Waals surface area contributed by atoms with Gasteiger partial charge >= 0.3 is 0 Å². The van der Waals surface area contributed by atoms with Crippen LogP contribution < -0.4 is 5.56 Å². The van der Waals surface area contributed by atoms with Gasteiger partial charge in [-0.05, 0) is 29.8 Å². The molecule has 1 heterocycles. The molecule has 1 unspecified atom stereocenters. The van der Waals surface area contributed by atoms with E-state index in [-0.39, 0.29) is 12.1 Å². The van der Waals surface area contributed by atoms with Gasteiger partial charge in [0.05, 0.1) is 29.9 Å². The van der Waals surface area contributed by atoms with E-state index in [0.29, 0.717) is 21.5 Å². The fourth-order valence-corrected chi connectivity index (χ4v) is 2.36. The standard InChI is InChI=1S/C16H12ClFN2O2/c17-11-3-1-10(2-4-11)15(21)8-20-9-19-14-7-12(18)5-6-13(14)16(20)22/h1-7,9,15,21H,8H2. The molecule has 112 valence electrons. The number of rotatable bonds is 3. The maximum absolute atomic E-state index is 13.1. The van der Waals surface area contributed by atoms with Crippen molar-refractivity contribution in [1.29, 1.82) is 0 Å². The summed E-state index contributed by atoms with van der Waals surface area (Å²) >= 11 is 5.80. The van der Waals surface area contributed by atoms with E-state index in [1.165, 1.54) is 29.1 Å². The molecule has 0 saturated heterocycles. The van der Waals surface area contributed by atoms with Gasteiger partial charge in [-0.15, -0.1) is 0 Å². The van der Waals surface area contributed by atoms with Crippen molar-refractivity contribution in [2.45, 2.75) is 12.6 Å². The van der Waals surface area contributed by atoms with Gasteiger partial charge in [-0.2, -0.15) is 0 Å². The molecule has 3 rings (SSSR count). The number of halogens is 2. The van der Waals surface area contributed by atoms with Gasteiger partial charge < -0.3 is 5.11 Å². The second-order valence-corrected chi connectivity index (χ2v) is 5.37. The molecule has 0 aliphatic heterocycles. The fraction of sp³-hybridized carbons (Fsp3) is 0.125. The van der Waals surface area contributed by atoms with Crippen LogP contribution in [0.1, 0.15) is 11.7 Å². The molecule has 1 aromatic heterocycles. The monoisotopic (exact) mass is 318 g/mol. The molecule has 22 heavy (non-hydrogen) atoms. The minimum Gasteiger partial charge on any atom is -0.387 e. The lowest BCUT2D eigenvalue weighted by atomic mass is 10.1. The van der Waals surface area contributed by atoms with Gasteiger partial charge in [-0.3, -0.25) is 9.36 Å². The molecule has 1 N–H and O–H groups in total. The lowest BCUT2D eigenvalue weighted by Crippen LogP contribution is -2.23. The predicted octanol–water partition coefficient (Wildman–Crippen LogP) is 2.92. The number of hydrogen-bond donors (Lipinski definition) is 1. The summed E-state index contributed by atoms with van der Waals surface area (Å²) in [5.41, 5.74) is 0.621. The zero-order valence-electron chi connectivity index (χ0n) is 11.4. The van der Waals surface area contributed by atoms with Crippen molar-refractivity contribution in [2.75, 3.05) is 0 Å². The van der Waals surface area contributed by atoms with E-state index in [0.717, 1.165) is 0 Å². The Morgan fingerprint density at radius 1 is 1.23 bits per heavy atom. The molecule has 1 atom stereocenters. The molecule has 0 saturated carbocycles. The van der Waals surface area contributed by atoms with Crippen LogP contribution in [0.5, 0.6) is 0 Å². The Morgan fingerprint density at radius 3 is 2.68 bits per heavy atom. The van der Waals surface area contributed by atoms with Gasteiger partial charge in [-0.25, -0.2) is 9.37 Å². The second-order valence-electron chi connectivity index (χ2n) is 4.93. The van der Waals surface area contributed by atoms with Crippen LogP contribution in [-0.2, 0) is 6.54 Å². The lowest BCUT2D eigenvalue weighted by Gasteiger charge is -2.13. The highest BCUT2D eigenvalue weighted by Gasteiger charge is 2.11. The third-order valence-corrected chi connectivity index (χ3v) is 3.66. The highest BCUT2D eigenvalue weighted by Crippen LogP contribution is 2.18. The maximum atomic E-state index is 13.1. The van der Waals surface area contributed by atoms with Crippen LogP contribution in [0.25, 0.3) is 10.9 Å². The number of aliphatic hydroxyl groups excluding tert-OH is 1. The summed E-state index contributed by atoms with van der Waals surface area (Å²) in [5.74, 6) is -0.446. The van der Waals surface area contributed by atoms with Crippen molar-refractivity contribution in [1.82, 2.24) is 9.55 Å². The zero-order chi connectivity index (χ0) is 15.7. The van der Waals surface area contributed by atoms with Crippen LogP contribution in [0, 0.1) is 5.82 Å². The molecular weight excluding hydrogens is 307 g/mol. The van der Waals surface area contributed by atoms with Crippen LogP contribution in [0.2, 0.25) is 5.02 Å². The van der Waals surface area contributed by atoms with Crippen LogP contribution in [-0.4, -0.2) is 14.7 Å². The van der Waals surface area contributed by atoms with Crippen LogP contribution >= 0.6 is 11.6 Å². The molecule has 2 aromatic carbocycles. The Bertz CT molecular complexity index is 877. The van der Waals surface area contributed by atoms with Crippen molar-refractivity contribution in [3.63, 3.8) is 0 Å². The molecule has 3 aromatic rings. The molecule has 0 bridgehead atoms. The van der Waals surface area contributed by atoms with Gasteiger partial charge in [0.25, 0.3) is 5.56 Å². The Labute approximate surface area is 130 Å². The Balaban J connectivity index is 1.93. The van der Waals surface area contributed by atoms with E-state index >= 15 is 0 Å². The van der Waals surface area contributed by atoms with Gasteiger partial charge in [0, 0.05) is 11.1 Å². The number of aliphatic hydroxyl groups is 1. The highest BCUT2D eigenvalue weighted by atomic mass is 35.5. The summed E-state index contributed by atoms with van der Waals surface area (Å²) in [6, 6.07) is 10.5. The van der Waals surface area contributed by atoms with E-state index in [4.69, 9.17) is 11.6 Å². The SMILES string of the molecule is O=c1c2ccc(F)cc2ncn1CC(O)c1ccc(Cl)cc1. The first-order chi connectivity index (χ1) is 10.5. The van der Waals surface area contributed by atoms with Crippen molar-refractivity contribution < 1.29 is 9.50 Å². The van der Waals surface area contributed by atoms with Gasteiger partial charge in [0.1, 0.15) is 5.82 Å². The first-order valence-corrected chi connectivity index (χ1v) is 7.00. The molecular formula is C16H12ClFN2O2. The highest BCUT2D eigenvalue weighted by molar-refractivity contribution is 6.30. The van der Waals surface area contributed by atoms with Crippen molar-refractivity contribution in [2.24, 2.45) is 0 Å². The smallest absolute Gasteiger partial charge is 0.261 e. The number of hydrogen-bond acceptors (Lipinski definition) is 3. The van der Waals surface area contributed by atoms with Crippen LogP contribution in [0.15, 0.2) is 53.6 Å². The summed E-state index contributed by atoms with van der Waals surface area (Å²) < 4.78 is 14.4. The van der Waals surface area contributed by atoms with Gasteiger partial charge in [0.15, 0.2) is 0 Å². The van der Waals surface area contributed by atoms with E-state index < -0.39 is 11.9 Å². The molecule has 0 radical (unpaired) electrons. The Morgan fingerprint density at radius 2 is 1.95 bits per heavy atom. The van der Waals surface area contributed by atoms with Crippen molar-refractivity contribution >= 4 is 22.5 Å². The largest absolute Gasteiger partial charge is 0.387 e. The average molecular weight is 319 g/mol. The first kappa shape index (κ1) is 14.7. The Hall–Kier alpha value is -2.24. The first-order valence-electron chi connectivity index (χ1n) is 6.63. The summed E-state index contributed by atoms with van der Waals surface area (Å²) in [4.78, 5) is 16.4. The molecule has 0 spiro atoms. The quantitative estimate of drug-likeness (QED) is 0.808. The van der Waals surface area contributed by atoms with E-state index in [1.807, 2.05) is 0 Å². The van der Waals surface area contributed by atoms with Gasteiger partial charge in [-0.1, -0.05) is 23.7 Å². The summed E-state index contributed by atoms with van der Waals surface area (Å²) in [6.07, 6.45) is 0.443. The van der Waals surface area contributed by atoms with Crippen molar-refractivity contribution in [3.05, 3.63) is 75.5 Å². The van der Waals surface area contributed by atoms with Crippen molar-refractivity contribution in [3.8, 4) is 0 Å². The number of nitrogens with zero attached hydrogens (tertiary/aromatic N) is 2. The lowest BCUT2D eigenvalue weighted by molar-refractivity contribution is 0.155. The molecule has 0 amide bonds. The molecule has 6 heteroatoms. The Kier molecular flexibility index (Phi) is 3.92. The number of benzene rings is 2. The minimum atomic E-state index is -0.866. The minimum absolute atomic E-state index is 0.0563. The zero-order valence-corrected chi connectivity index (χ0v) is 12.2. The molecule has 0 fully saturated rings. The van der Waals surface area contributed by atoms with Crippen LogP contribution in [0.4, 0.5) is 4.39 Å². The normalized spacial score (nSPS) is 12.5.